The first-order valence-corrected chi connectivity index (χ1v) is 8.19. The lowest BCUT2D eigenvalue weighted by Gasteiger charge is -2.28. The number of hydrogen-bond donors (Lipinski definition) is 1. The van der Waals surface area contributed by atoms with Crippen molar-refractivity contribution >= 4 is 23.4 Å². The Kier molecular flexibility index (Phi) is 7.96. The van der Waals surface area contributed by atoms with Gasteiger partial charge in [-0.15, -0.1) is 0 Å². The highest BCUT2D eigenvalue weighted by Gasteiger charge is 2.25. The van der Waals surface area contributed by atoms with E-state index in [1.54, 1.807) is 24.8 Å². The van der Waals surface area contributed by atoms with E-state index in [0.717, 1.165) is 18.4 Å². The molecule has 5 heteroatoms. The van der Waals surface area contributed by atoms with Crippen LogP contribution in [0.2, 0.25) is 5.02 Å². The second kappa shape index (κ2) is 9.46. The summed E-state index contributed by atoms with van der Waals surface area (Å²) in [4.78, 5) is 26.0. The Hall–Kier alpha value is -1.55. The number of unbranched alkanes of at least 4 members (excludes halogenated alkanes) is 1. The van der Waals surface area contributed by atoms with Gasteiger partial charge in [0, 0.05) is 24.5 Å². The maximum absolute atomic E-state index is 12.2. The zero-order valence-corrected chi connectivity index (χ0v) is 14.3. The zero-order valence-electron chi connectivity index (χ0n) is 13.6. The van der Waals surface area contributed by atoms with Crippen molar-refractivity contribution < 1.29 is 9.59 Å². The minimum Gasteiger partial charge on any atom is -0.354 e. The summed E-state index contributed by atoms with van der Waals surface area (Å²) in [5.41, 5.74) is 0.846. The molecule has 0 unspecified atom stereocenters. The minimum absolute atomic E-state index is 0.0574. The highest BCUT2D eigenvalue weighted by Crippen LogP contribution is 2.19. The van der Waals surface area contributed by atoms with Crippen molar-refractivity contribution in [3.63, 3.8) is 0 Å². The number of rotatable bonds is 8. The van der Waals surface area contributed by atoms with E-state index in [2.05, 4.69) is 12.2 Å². The molecule has 0 spiro atoms. The first kappa shape index (κ1) is 18.5. The fourth-order valence-electron chi connectivity index (χ4n) is 2.13. The van der Waals surface area contributed by atoms with Crippen LogP contribution in [0.1, 0.15) is 45.6 Å². The lowest BCUT2D eigenvalue weighted by atomic mass is 10.1. The lowest BCUT2D eigenvalue weighted by Crippen LogP contribution is -2.47. The van der Waals surface area contributed by atoms with E-state index in [4.69, 9.17) is 11.6 Å². The molecule has 2 amide bonds. The van der Waals surface area contributed by atoms with Gasteiger partial charge >= 0.3 is 0 Å². The molecule has 0 saturated heterocycles. The van der Waals surface area contributed by atoms with Crippen molar-refractivity contribution in [2.45, 2.75) is 52.6 Å². The standard InChI is InChI=1S/C17H25ClN2O2/c1-4-6-11-19-17(22)13(3)20(16(21)5-2)12-14-9-7-8-10-15(14)18/h7-10,13H,4-6,11-12H2,1-3H3,(H,19,22)/t13-/m1/s1. The van der Waals surface area contributed by atoms with E-state index in [-0.39, 0.29) is 11.8 Å². The Morgan fingerprint density at radius 3 is 2.55 bits per heavy atom. The average Bonchev–Trinajstić information content (AvgIpc) is 2.53. The van der Waals surface area contributed by atoms with Gasteiger partial charge in [0.25, 0.3) is 0 Å². The van der Waals surface area contributed by atoms with Crippen LogP contribution in [0.4, 0.5) is 0 Å². The molecule has 1 N–H and O–H groups in total. The summed E-state index contributed by atoms with van der Waals surface area (Å²) in [6, 6.07) is 6.87. The Morgan fingerprint density at radius 1 is 1.27 bits per heavy atom. The molecule has 1 rings (SSSR count). The molecule has 0 bridgehead atoms. The van der Waals surface area contributed by atoms with E-state index < -0.39 is 6.04 Å². The number of nitrogens with zero attached hydrogens (tertiary/aromatic N) is 1. The highest BCUT2D eigenvalue weighted by atomic mass is 35.5. The van der Waals surface area contributed by atoms with Gasteiger partial charge in [0.2, 0.25) is 11.8 Å². The van der Waals surface area contributed by atoms with Crippen LogP contribution in [0.25, 0.3) is 0 Å². The molecule has 0 heterocycles. The number of nitrogens with one attached hydrogen (secondary N) is 1. The predicted molar refractivity (Wildman–Crippen MR) is 89.7 cm³/mol. The van der Waals surface area contributed by atoms with Crippen molar-refractivity contribution in [3.8, 4) is 0 Å². The smallest absolute Gasteiger partial charge is 0.242 e. The van der Waals surface area contributed by atoms with E-state index in [1.165, 1.54) is 0 Å². The maximum atomic E-state index is 12.2. The summed E-state index contributed by atoms with van der Waals surface area (Å²) in [5, 5.41) is 3.48. The van der Waals surface area contributed by atoms with Crippen molar-refractivity contribution in [1.29, 1.82) is 0 Å². The first-order chi connectivity index (χ1) is 10.5. The van der Waals surface area contributed by atoms with E-state index in [0.29, 0.717) is 24.5 Å². The third-order valence-corrected chi connectivity index (χ3v) is 3.97. The molecule has 0 aliphatic rings. The van der Waals surface area contributed by atoms with Gasteiger partial charge in [-0.05, 0) is 25.0 Å². The van der Waals surface area contributed by atoms with Crippen molar-refractivity contribution in [2.75, 3.05) is 6.54 Å². The second-order valence-electron chi connectivity index (χ2n) is 5.29. The van der Waals surface area contributed by atoms with Gasteiger partial charge < -0.3 is 10.2 Å². The molecule has 0 aliphatic carbocycles. The van der Waals surface area contributed by atoms with Crippen LogP contribution in [0, 0.1) is 0 Å². The van der Waals surface area contributed by atoms with Crippen LogP contribution in [0.5, 0.6) is 0 Å². The van der Waals surface area contributed by atoms with Gasteiger partial charge in [-0.25, -0.2) is 0 Å². The summed E-state index contributed by atoms with van der Waals surface area (Å²) >= 11 is 6.16. The number of carbonyl (C=O) groups is 2. The molecule has 0 radical (unpaired) electrons. The van der Waals surface area contributed by atoms with E-state index in [9.17, 15) is 9.59 Å². The summed E-state index contributed by atoms with van der Waals surface area (Å²) < 4.78 is 0. The maximum Gasteiger partial charge on any atom is 0.242 e. The first-order valence-electron chi connectivity index (χ1n) is 7.81. The summed E-state index contributed by atoms with van der Waals surface area (Å²) in [5.74, 6) is -0.180. The van der Waals surface area contributed by atoms with Crippen LogP contribution in [-0.2, 0) is 16.1 Å². The van der Waals surface area contributed by atoms with Gasteiger partial charge in [-0.3, -0.25) is 9.59 Å². The monoisotopic (exact) mass is 324 g/mol. The number of halogens is 1. The molecule has 22 heavy (non-hydrogen) atoms. The van der Waals surface area contributed by atoms with Crippen LogP contribution in [0.3, 0.4) is 0 Å². The molecular weight excluding hydrogens is 300 g/mol. The third kappa shape index (κ3) is 5.34. The average molecular weight is 325 g/mol. The number of benzene rings is 1. The normalized spacial score (nSPS) is 11.8. The van der Waals surface area contributed by atoms with Gasteiger partial charge in [-0.1, -0.05) is 50.1 Å². The van der Waals surface area contributed by atoms with Crippen LogP contribution >= 0.6 is 11.6 Å². The quantitative estimate of drug-likeness (QED) is 0.745. The minimum atomic E-state index is -0.513. The Bertz CT molecular complexity index is 505. The molecule has 1 atom stereocenters. The predicted octanol–water partition coefficient (Wildman–Crippen LogP) is 3.38. The Balaban J connectivity index is 2.82. The highest BCUT2D eigenvalue weighted by molar-refractivity contribution is 6.31. The molecule has 0 fully saturated rings. The topological polar surface area (TPSA) is 49.4 Å². The van der Waals surface area contributed by atoms with Gasteiger partial charge in [-0.2, -0.15) is 0 Å². The molecule has 1 aromatic rings. The largest absolute Gasteiger partial charge is 0.354 e. The van der Waals surface area contributed by atoms with Crippen molar-refractivity contribution in [2.24, 2.45) is 0 Å². The molecule has 0 saturated carbocycles. The summed E-state index contributed by atoms with van der Waals surface area (Å²) in [6.07, 6.45) is 2.31. The van der Waals surface area contributed by atoms with Gasteiger partial charge in [0.05, 0.1) is 0 Å². The number of carbonyl (C=O) groups excluding carboxylic acids is 2. The molecule has 0 aliphatic heterocycles. The molecule has 0 aromatic heterocycles. The summed E-state index contributed by atoms with van der Waals surface area (Å²) in [6.45, 7) is 6.60. The van der Waals surface area contributed by atoms with Crippen LogP contribution in [0.15, 0.2) is 24.3 Å². The Labute approximate surface area is 137 Å². The lowest BCUT2D eigenvalue weighted by molar-refractivity contribution is -0.140. The number of amides is 2. The third-order valence-electron chi connectivity index (χ3n) is 3.60. The Morgan fingerprint density at radius 2 is 1.95 bits per heavy atom. The van der Waals surface area contributed by atoms with Crippen molar-refractivity contribution in [1.82, 2.24) is 10.2 Å². The van der Waals surface area contributed by atoms with Gasteiger partial charge in [0.1, 0.15) is 6.04 Å². The van der Waals surface area contributed by atoms with E-state index in [1.807, 2.05) is 18.2 Å². The summed E-state index contributed by atoms with van der Waals surface area (Å²) in [7, 11) is 0. The SMILES string of the molecule is CCCCNC(=O)[C@@H](C)N(Cc1ccccc1Cl)C(=O)CC. The molecule has 4 nitrogen and oxygen atoms in total. The molecule has 1 aromatic carbocycles. The fourth-order valence-corrected chi connectivity index (χ4v) is 2.33. The van der Waals surface area contributed by atoms with Gasteiger partial charge in [0.15, 0.2) is 0 Å². The molecule has 122 valence electrons. The van der Waals surface area contributed by atoms with Crippen molar-refractivity contribution in [3.05, 3.63) is 34.9 Å². The van der Waals surface area contributed by atoms with Crippen LogP contribution in [-0.4, -0.2) is 29.3 Å². The van der Waals surface area contributed by atoms with E-state index >= 15 is 0 Å². The fraction of sp³-hybridized carbons (Fsp3) is 0.529. The zero-order chi connectivity index (χ0) is 16.5. The molecular formula is C17H25ClN2O2. The second-order valence-corrected chi connectivity index (χ2v) is 5.69. The number of hydrogen-bond acceptors (Lipinski definition) is 2. The van der Waals surface area contributed by atoms with Crippen LogP contribution < -0.4 is 5.32 Å².